The smallest absolute Gasteiger partial charge is 0.262 e. The van der Waals surface area contributed by atoms with Crippen LogP contribution < -0.4 is 10.1 Å². The lowest BCUT2D eigenvalue weighted by atomic mass is 9.87. The molecule has 1 aliphatic rings. The highest BCUT2D eigenvalue weighted by atomic mass is 19.1. The Morgan fingerprint density at radius 2 is 1.85 bits per heavy atom. The third-order valence-electron chi connectivity index (χ3n) is 5.99. The molecule has 3 aromatic carbocycles. The van der Waals surface area contributed by atoms with Crippen molar-refractivity contribution in [2.24, 2.45) is 5.92 Å². The summed E-state index contributed by atoms with van der Waals surface area (Å²) in [5.41, 5.74) is 4.74. The van der Waals surface area contributed by atoms with Gasteiger partial charge in [-0.2, -0.15) is 0 Å². The minimum Gasteiger partial charge on any atom is -0.484 e. The van der Waals surface area contributed by atoms with Crippen molar-refractivity contribution in [3.63, 3.8) is 0 Å². The number of halogens is 1. The number of rotatable bonds is 6. The lowest BCUT2D eigenvalue weighted by Gasteiger charge is -2.39. The fraction of sp³-hybridized carbons (Fsp3) is 0.286. The van der Waals surface area contributed by atoms with Gasteiger partial charge >= 0.3 is 0 Å². The van der Waals surface area contributed by atoms with E-state index in [0.717, 1.165) is 28.7 Å². The molecule has 1 heterocycles. The number of hydrogen-bond donors (Lipinski definition) is 1. The largest absolute Gasteiger partial charge is 0.484 e. The van der Waals surface area contributed by atoms with Gasteiger partial charge in [0.15, 0.2) is 6.61 Å². The Bertz CT molecular complexity index is 1190. The molecule has 3 aromatic rings. The normalized spacial score (nSPS) is 15.1. The Balaban J connectivity index is 1.57. The van der Waals surface area contributed by atoms with Crippen LogP contribution in [-0.2, 0) is 16.0 Å². The first-order chi connectivity index (χ1) is 16.3. The lowest BCUT2D eigenvalue weighted by molar-refractivity contribution is -0.136. The van der Waals surface area contributed by atoms with Crippen LogP contribution in [0.15, 0.2) is 66.7 Å². The molecule has 1 N–H and O–H groups in total. The molecule has 0 bridgehead atoms. The van der Waals surface area contributed by atoms with Gasteiger partial charge in [0.2, 0.25) is 5.91 Å². The van der Waals surface area contributed by atoms with Crippen LogP contribution in [0, 0.1) is 18.7 Å². The second-order valence-corrected chi connectivity index (χ2v) is 8.96. The summed E-state index contributed by atoms with van der Waals surface area (Å²) < 4.78 is 19.1. The van der Waals surface area contributed by atoms with Crippen LogP contribution in [0.25, 0.3) is 0 Å². The Morgan fingerprint density at radius 1 is 1.09 bits per heavy atom. The Labute approximate surface area is 199 Å². The number of anilines is 1. The molecule has 0 spiro atoms. The standard InChI is InChI=1S/C28H29FN2O3/c1-18(2)28(33)31-14-13-20-11-12-24(16-25(20)27(31)21-9-7-19(3)8-10-21)34-17-26(32)30-23-6-4-5-22(29)15-23/h4-12,15-16,18,27H,13-14,17H2,1-3H3,(H,30,32). The van der Waals surface area contributed by atoms with E-state index in [1.807, 2.05) is 43.9 Å². The fourth-order valence-corrected chi connectivity index (χ4v) is 4.27. The van der Waals surface area contributed by atoms with E-state index >= 15 is 0 Å². The van der Waals surface area contributed by atoms with Gasteiger partial charge in [-0.25, -0.2) is 4.39 Å². The molecule has 0 saturated heterocycles. The average molecular weight is 461 g/mol. The van der Waals surface area contributed by atoms with Crippen LogP contribution in [0.5, 0.6) is 5.75 Å². The van der Waals surface area contributed by atoms with E-state index in [1.165, 1.54) is 18.2 Å². The zero-order valence-corrected chi connectivity index (χ0v) is 19.7. The summed E-state index contributed by atoms with van der Waals surface area (Å²) in [6.07, 6.45) is 0.760. The number of hydrogen-bond acceptors (Lipinski definition) is 3. The van der Waals surface area contributed by atoms with E-state index in [9.17, 15) is 14.0 Å². The number of nitrogens with zero attached hydrogens (tertiary/aromatic N) is 1. The van der Waals surface area contributed by atoms with Gasteiger partial charge in [0.1, 0.15) is 11.6 Å². The van der Waals surface area contributed by atoms with Gasteiger partial charge in [-0.15, -0.1) is 0 Å². The average Bonchev–Trinajstić information content (AvgIpc) is 2.82. The summed E-state index contributed by atoms with van der Waals surface area (Å²) in [6.45, 7) is 6.32. The van der Waals surface area contributed by atoms with Crippen LogP contribution in [-0.4, -0.2) is 29.9 Å². The van der Waals surface area contributed by atoms with Gasteiger partial charge in [0, 0.05) is 18.2 Å². The van der Waals surface area contributed by atoms with E-state index in [2.05, 4.69) is 29.6 Å². The SMILES string of the molecule is Cc1ccc(C2c3cc(OCC(=O)Nc4cccc(F)c4)ccc3CCN2C(=O)C(C)C)cc1. The van der Waals surface area contributed by atoms with Gasteiger partial charge in [-0.05, 0) is 60.4 Å². The van der Waals surface area contributed by atoms with Crippen LogP contribution in [0.2, 0.25) is 0 Å². The zero-order valence-electron chi connectivity index (χ0n) is 19.7. The van der Waals surface area contributed by atoms with Crippen molar-refractivity contribution in [1.82, 2.24) is 4.90 Å². The first-order valence-corrected chi connectivity index (χ1v) is 11.5. The Morgan fingerprint density at radius 3 is 2.56 bits per heavy atom. The zero-order chi connectivity index (χ0) is 24.2. The molecule has 6 heteroatoms. The third kappa shape index (κ3) is 5.28. The van der Waals surface area contributed by atoms with E-state index in [4.69, 9.17) is 4.74 Å². The summed E-state index contributed by atoms with van der Waals surface area (Å²) in [5, 5.41) is 2.63. The number of ether oxygens (including phenoxy) is 1. The molecular formula is C28H29FN2O3. The number of nitrogens with one attached hydrogen (secondary N) is 1. The summed E-state index contributed by atoms with van der Waals surface area (Å²) in [5.74, 6) is -0.257. The van der Waals surface area contributed by atoms with E-state index in [0.29, 0.717) is 18.0 Å². The number of carbonyl (C=O) groups excluding carboxylic acids is 2. The van der Waals surface area contributed by atoms with Crippen molar-refractivity contribution in [1.29, 1.82) is 0 Å². The molecule has 0 radical (unpaired) electrons. The van der Waals surface area contributed by atoms with Gasteiger partial charge < -0.3 is 15.0 Å². The van der Waals surface area contributed by atoms with Crippen molar-refractivity contribution in [3.8, 4) is 5.75 Å². The number of amides is 2. The van der Waals surface area contributed by atoms with Gasteiger partial charge in [-0.1, -0.05) is 55.8 Å². The lowest BCUT2D eigenvalue weighted by Crippen LogP contribution is -2.42. The number of fused-ring (bicyclic) bond motifs is 1. The molecule has 1 atom stereocenters. The second-order valence-electron chi connectivity index (χ2n) is 8.96. The highest BCUT2D eigenvalue weighted by molar-refractivity contribution is 5.91. The monoisotopic (exact) mass is 460 g/mol. The molecular weight excluding hydrogens is 431 g/mol. The first kappa shape index (κ1) is 23.5. The molecule has 0 fully saturated rings. The minimum atomic E-state index is -0.420. The molecule has 2 amide bonds. The predicted octanol–water partition coefficient (Wildman–Crippen LogP) is 5.28. The van der Waals surface area contributed by atoms with Crippen molar-refractivity contribution in [2.45, 2.75) is 33.2 Å². The number of benzene rings is 3. The number of aryl methyl sites for hydroxylation is 1. The predicted molar refractivity (Wildman–Crippen MR) is 130 cm³/mol. The minimum absolute atomic E-state index is 0.108. The molecule has 1 aliphatic heterocycles. The maximum Gasteiger partial charge on any atom is 0.262 e. The maximum atomic E-state index is 13.4. The van der Waals surface area contributed by atoms with Crippen LogP contribution >= 0.6 is 0 Å². The summed E-state index contributed by atoms with van der Waals surface area (Å²) >= 11 is 0. The summed E-state index contributed by atoms with van der Waals surface area (Å²) in [7, 11) is 0. The van der Waals surface area contributed by atoms with E-state index in [1.54, 1.807) is 6.07 Å². The molecule has 0 aromatic heterocycles. The fourth-order valence-electron chi connectivity index (χ4n) is 4.27. The first-order valence-electron chi connectivity index (χ1n) is 11.5. The molecule has 176 valence electrons. The maximum absolute atomic E-state index is 13.4. The van der Waals surface area contributed by atoms with Crippen molar-refractivity contribution < 1.29 is 18.7 Å². The Hall–Kier alpha value is -3.67. The topological polar surface area (TPSA) is 58.6 Å². The second kappa shape index (κ2) is 10.1. The van der Waals surface area contributed by atoms with Crippen LogP contribution in [0.4, 0.5) is 10.1 Å². The molecule has 5 nitrogen and oxygen atoms in total. The Kier molecular flexibility index (Phi) is 6.96. The van der Waals surface area contributed by atoms with Crippen LogP contribution in [0.1, 0.15) is 42.1 Å². The summed E-state index contributed by atoms with van der Waals surface area (Å²) in [4.78, 5) is 27.3. The van der Waals surface area contributed by atoms with Gasteiger partial charge in [0.25, 0.3) is 5.91 Å². The quantitative estimate of drug-likeness (QED) is 0.544. The van der Waals surface area contributed by atoms with Crippen LogP contribution in [0.3, 0.4) is 0 Å². The summed E-state index contributed by atoms with van der Waals surface area (Å²) in [6, 6.07) is 19.5. The van der Waals surface area contributed by atoms with Gasteiger partial charge in [0.05, 0.1) is 6.04 Å². The molecule has 4 rings (SSSR count). The van der Waals surface area contributed by atoms with E-state index in [-0.39, 0.29) is 30.4 Å². The molecule has 0 aliphatic carbocycles. The van der Waals surface area contributed by atoms with Crippen molar-refractivity contribution >= 4 is 17.5 Å². The highest BCUT2D eigenvalue weighted by Gasteiger charge is 2.33. The van der Waals surface area contributed by atoms with E-state index < -0.39 is 5.82 Å². The molecule has 34 heavy (non-hydrogen) atoms. The van der Waals surface area contributed by atoms with Crippen molar-refractivity contribution in [2.75, 3.05) is 18.5 Å². The molecule has 1 unspecified atom stereocenters. The van der Waals surface area contributed by atoms with Gasteiger partial charge in [-0.3, -0.25) is 9.59 Å². The highest BCUT2D eigenvalue weighted by Crippen LogP contribution is 2.38. The molecule has 0 saturated carbocycles. The third-order valence-corrected chi connectivity index (χ3v) is 5.99. The number of carbonyl (C=O) groups is 2. The van der Waals surface area contributed by atoms with Crippen molar-refractivity contribution in [3.05, 3.63) is 94.8 Å².